The van der Waals surface area contributed by atoms with E-state index in [-0.39, 0.29) is 0 Å². The first-order valence-corrected chi connectivity index (χ1v) is 7.07. The monoisotopic (exact) mass is 338 g/mol. The lowest BCUT2D eigenvalue weighted by Gasteiger charge is -2.12. The Balaban J connectivity index is 2.13. The first-order valence-electron chi connectivity index (χ1n) is 6.28. The number of hydrogen-bond donors (Lipinski definition) is 2. The highest BCUT2D eigenvalue weighted by molar-refractivity contribution is 9.10. The molecule has 0 amide bonds. The molecule has 0 unspecified atom stereocenters. The molecule has 0 bridgehead atoms. The summed E-state index contributed by atoms with van der Waals surface area (Å²) < 4.78 is 0.908. The number of nitriles is 1. The van der Waals surface area contributed by atoms with Gasteiger partial charge in [-0.1, -0.05) is 15.9 Å². The van der Waals surface area contributed by atoms with E-state index in [1.54, 1.807) is 18.5 Å². The summed E-state index contributed by atoms with van der Waals surface area (Å²) in [5, 5.41) is 14.4. The van der Waals surface area contributed by atoms with Gasteiger partial charge in [0.15, 0.2) is 0 Å². The van der Waals surface area contributed by atoms with Crippen LogP contribution in [0.1, 0.15) is 5.56 Å². The van der Waals surface area contributed by atoms with E-state index in [1.807, 2.05) is 30.3 Å². The average molecular weight is 339 g/mol. The third kappa shape index (κ3) is 2.54. The number of hydrogen-bond acceptors (Lipinski definition) is 4. The Kier molecular flexibility index (Phi) is 3.46. The van der Waals surface area contributed by atoms with Crippen LogP contribution in [0.25, 0.3) is 10.8 Å². The van der Waals surface area contributed by atoms with E-state index in [9.17, 15) is 5.26 Å². The fraction of sp³-hybridized carbons (Fsp3) is 0. The van der Waals surface area contributed by atoms with Crippen molar-refractivity contribution in [3.8, 4) is 6.07 Å². The quantitative estimate of drug-likeness (QED) is 0.687. The molecule has 0 atom stereocenters. The van der Waals surface area contributed by atoms with E-state index in [4.69, 9.17) is 5.73 Å². The summed E-state index contributed by atoms with van der Waals surface area (Å²) in [6.45, 7) is 0. The Morgan fingerprint density at radius 2 is 1.95 bits per heavy atom. The van der Waals surface area contributed by atoms with E-state index in [0.29, 0.717) is 11.3 Å². The molecule has 1 heterocycles. The summed E-state index contributed by atoms with van der Waals surface area (Å²) >= 11 is 3.42. The second-order valence-electron chi connectivity index (χ2n) is 4.55. The van der Waals surface area contributed by atoms with Crippen LogP contribution < -0.4 is 11.1 Å². The van der Waals surface area contributed by atoms with Crippen molar-refractivity contribution in [3.63, 3.8) is 0 Å². The van der Waals surface area contributed by atoms with Gasteiger partial charge in [-0.05, 0) is 36.4 Å². The molecule has 102 valence electrons. The van der Waals surface area contributed by atoms with Gasteiger partial charge in [-0.3, -0.25) is 4.98 Å². The van der Waals surface area contributed by atoms with Gasteiger partial charge in [0.2, 0.25) is 0 Å². The maximum Gasteiger partial charge on any atom is 0.101 e. The van der Waals surface area contributed by atoms with Crippen molar-refractivity contribution >= 4 is 43.8 Å². The standard InChI is InChI=1S/C16H11BrN4/c17-11-2-1-10(8-18)16(7-11)21-15-4-3-14(19)13-9-20-6-5-12(13)15/h1-7,9,21H,19H2. The Bertz CT molecular complexity index is 868. The van der Waals surface area contributed by atoms with E-state index in [1.165, 1.54) is 0 Å². The van der Waals surface area contributed by atoms with Gasteiger partial charge in [-0.25, -0.2) is 0 Å². The highest BCUT2D eigenvalue weighted by Crippen LogP contribution is 2.31. The number of fused-ring (bicyclic) bond motifs is 1. The van der Waals surface area contributed by atoms with Crippen LogP contribution in [0.3, 0.4) is 0 Å². The second kappa shape index (κ2) is 5.43. The number of nitrogens with zero attached hydrogens (tertiary/aromatic N) is 2. The molecule has 21 heavy (non-hydrogen) atoms. The summed E-state index contributed by atoms with van der Waals surface area (Å²) in [4.78, 5) is 4.10. The molecule has 0 radical (unpaired) electrons. The lowest BCUT2D eigenvalue weighted by atomic mass is 10.1. The first kappa shape index (κ1) is 13.4. The molecule has 0 fully saturated rings. The summed E-state index contributed by atoms with van der Waals surface area (Å²) in [5.74, 6) is 0. The largest absolute Gasteiger partial charge is 0.398 e. The molecule has 3 N–H and O–H groups in total. The molecule has 0 saturated carbocycles. The topological polar surface area (TPSA) is 74.7 Å². The second-order valence-corrected chi connectivity index (χ2v) is 5.47. The van der Waals surface area contributed by atoms with Crippen LogP contribution >= 0.6 is 15.9 Å². The van der Waals surface area contributed by atoms with Crippen molar-refractivity contribution in [2.45, 2.75) is 0 Å². The third-order valence-corrected chi connectivity index (χ3v) is 3.72. The van der Waals surface area contributed by atoms with Gasteiger partial charge < -0.3 is 11.1 Å². The molecular formula is C16H11BrN4. The molecule has 5 heteroatoms. The number of benzene rings is 2. The smallest absolute Gasteiger partial charge is 0.101 e. The van der Waals surface area contributed by atoms with Crippen LogP contribution in [0.2, 0.25) is 0 Å². The first-order chi connectivity index (χ1) is 10.2. The Hall–Kier alpha value is -2.58. The summed E-state index contributed by atoms with van der Waals surface area (Å²) in [5.41, 5.74) is 8.86. The van der Waals surface area contributed by atoms with Crippen LogP contribution in [-0.4, -0.2) is 4.98 Å². The number of rotatable bonds is 2. The summed E-state index contributed by atoms with van der Waals surface area (Å²) in [6.07, 6.45) is 3.46. The molecule has 4 nitrogen and oxygen atoms in total. The van der Waals surface area contributed by atoms with Crippen molar-refractivity contribution in [2.75, 3.05) is 11.1 Å². The van der Waals surface area contributed by atoms with E-state index in [0.717, 1.165) is 26.6 Å². The summed E-state index contributed by atoms with van der Waals surface area (Å²) in [6, 6.07) is 13.3. The molecule has 1 aromatic heterocycles. The van der Waals surface area contributed by atoms with Gasteiger partial charge >= 0.3 is 0 Å². The lowest BCUT2D eigenvalue weighted by Crippen LogP contribution is -1.96. The minimum Gasteiger partial charge on any atom is -0.398 e. The van der Waals surface area contributed by atoms with Crippen LogP contribution in [-0.2, 0) is 0 Å². The van der Waals surface area contributed by atoms with E-state index >= 15 is 0 Å². The third-order valence-electron chi connectivity index (χ3n) is 3.22. The zero-order valence-corrected chi connectivity index (χ0v) is 12.6. The molecule has 0 spiro atoms. The predicted molar refractivity (Wildman–Crippen MR) is 88.3 cm³/mol. The molecule has 0 saturated heterocycles. The van der Waals surface area contributed by atoms with Crippen LogP contribution in [0.5, 0.6) is 0 Å². The van der Waals surface area contributed by atoms with Gasteiger partial charge in [0, 0.05) is 39.0 Å². The van der Waals surface area contributed by atoms with Crippen LogP contribution in [0.4, 0.5) is 17.1 Å². The van der Waals surface area contributed by atoms with Gasteiger partial charge in [0.1, 0.15) is 6.07 Å². The number of aromatic nitrogens is 1. The molecule has 0 aliphatic rings. The fourth-order valence-corrected chi connectivity index (χ4v) is 2.54. The number of anilines is 3. The zero-order chi connectivity index (χ0) is 14.8. The van der Waals surface area contributed by atoms with Crippen molar-refractivity contribution in [1.82, 2.24) is 4.98 Å². The predicted octanol–water partition coefficient (Wildman–Crippen LogP) is 4.19. The highest BCUT2D eigenvalue weighted by atomic mass is 79.9. The number of nitrogens with one attached hydrogen (secondary N) is 1. The van der Waals surface area contributed by atoms with Gasteiger partial charge in [-0.2, -0.15) is 5.26 Å². The fourth-order valence-electron chi connectivity index (χ4n) is 2.18. The maximum atomic E-state index is 9.21. The number of nitrogens with two attached hydrogens (primary N) is 1. The SMILES string of the molecule is N#Cc1ccc(Br)cc1Nc1ccc(N)c2cnccc12. The van der Waals surface area contributed by atoms with E-state index < -0.39 is 0 Å². The van der Waals surface area contributed by atoms with Crippen LogP contribution in [0, 0.1) is 11.3 Å². The lowest BCUT2D eigenvalue weighted by molar-refractivity contribution is 1.36. The number of nitrogen functional groups attached to an aromatic ring is 1. The minimum atomic E-state index is 0.581. The Labute approximate surface area is 130 Å². The number of pyridine rings is 1. The van der Waals surface area contributed by atoms with E-state index in [2.05, 4.69) is 32.3 Å². The molecule has 2 aromatic carbocycles. The van der Waals surface area contributed by atoms with Crippen molar-refractivity contribution in [1.29, 1.82) is 5.26 Å². The Morgan fingerprint density at radius 3 is 2.76 bits per heavy atom. The zero-order valence-electron chi connectivity index (χ0n) is 11.0. The van der Waals surface area contributed by atoms with Gasteiger partial charge in [0.05, 0.1) is 11.3 Å². The molecule has 3 aromatic rings. The van der Waals surface area contributed by atoms with Gasteiger partial charge in [-0.15, -0.1) is 0 Å². The van der Waals surface area contributed by atoms with Crippen LogP contribution in [0.15, 0.2) is 53.3 Å². The molecule has 0 aliphatic carbocycles. The summed E-state index contributed by atoms with van der Waals surface area (Å²) in [7, 11) is 0. The maximum absolute atomic E-state index is 9.21. The van der Waals surface area contributed by atoms with Gasteiger partial charge in [0.25, 0.3) is 0 Å². The number of halogens is 1. The average Bonchev–Trinajstić information content (AvgIpc) is 2.51. The minimum absolute atomic E-state index is 0.581. The van der Waals surface area contributed by atoms with Crippen molar-refractivity contribution in [2.24, 2.45) is 0 Å². The van der Waals surface area contributed by atoms with Crippen molar-refractivity contribution in [3.05, 3.63) is 58.8 Å². The molecular weight excluding hydrogens is 328 g/mol. The Morgan fingerprint density at radius 1 is 1.10 bits per heavy atom. The molecule has 3 rings (SSSR count). The van der Waals surface area contributed by atoms with Crippen molar-refractivity contribution < 1.29 is 0 Å². The normalized spacial score (nSPS) is 10.3. The molecule has 0 aliphatic heterocycles. The highest BCUT2D eigenvalue weighted by Gasteiger charge is 2.07.